The van der Waals surface area contributed by atoms with Crippen molar-refractivity contribution in [3.8, 4) is 0 Å². The lowest BCUT2D eigenvalue weighted by Crippen LogP contribution is -2.35. The quantitative estimate of drug-likeness (QED) is 0.882. The molecule has 90 valence electrons. The summed E-state index contributed by atoms with van der Waals surface area (Å²) in [5.74, 6) is 0. The molecule has 0 aliphatic carbocycles. The van der Waals surface area contributed by atoms with Gasteiger partial charge in [-0.25, -0.2) is 13.1 Å². The average Bonchev–Trinajstić information content (AvgIpc) is 2.14. The van der Waals surface area contributed by atoms with Gasteiger partial charge in [0.2, 0.25) is 10.0 Å². The zero-order valence-electron chi connectivity index (χ0n) is 8.57. The lowest BCUT2D eigenvalue weighted by atomic mass is 10.4. The second kappa shape index (κ2) is 5.33. The predicted molar refractivity (Wildman–Crippen MR) is 65.3 cm³/mol. The van der Waals surface area contributed by atoms with Crippen molar-refractivity contribution >= 4 is 33.2 Å². The summed E-state index contributed by atoms with van der Waals surface area (Å²) in [6.45, 7) is 1.82. The Balaban J connectivity index is 3.08. The van der Waals surface area contributed by atoms with Crippen LogP contribution in [0.15, 0.2) is 23.1 Å². The first-order valence-corrected chi connectivity index (χ1v) is 6.78. The molecule has 3 N–H and O–H groups in total. The van der Waals surface area contributed by atoms with Gasteiger partial charge in [0.1, 0.15) is 4.90 Å². The lowest BCUT2D eigenvalue weighted by molar-refractivity contribution is 0.574. The van der Waals surface area contributed by atoms with Crippen LogP contribution in [0, 0.1) is 0 Å². The molecule has 1 atom stereocenters. The Kier molecular flexibility index (Phi) is 4.58. The topological polar surface area (TPSA) is 72.2 Å². The molecule has 0 spiro atoms. The summed E-state index contributed by atoms with van der Waals surface area (Å²) >= 11 is 11.6. The zero-order chi connectivity index (χ0) is 12.3. The van der Waals surface area contributed by atoms with E-state index in [-0.39, 0.29) is 27.5 Å². The predicted octanol–water partition coefficient (Wildman–Crippen LogP) is 1.62. The van der Waals surface area contributed by atoms with Crippen molar-refractivity contribution in [3.05, 3.63) is 28.2 Å². The molecule has 0 bridgehead atoms. The third-order valence-electron chi connectivity index (χ3n) is 1.78. The molecule has 0 saturated carbocycles. The minimum Gasteiger partial charge on any atom is -0.327 e. The van der Waals surface area contributed by atoms with Crippen LogP contribution >= 0.6 is 23.2 Å². The van der Waals surface area contributed by atoms with Crippen LogP contribution in [-0.2, 0) is 10.0 Å². The molecule has 0 aliphatic heterocycles. The SMILES string of the molecule is CC(N)CNS(=O)(=O)c1c(Cl)cccc1Cl. The van der Waals surface area contributed by atoms with Crippen molar-refractivity contribution in [2.45, 2.75) is 17.9 Å². The number of sulfonamides is 1. The number of nitrogens with two attached hydrogens (primary N) is 1. The molecular formula is C9H12Cl2N2O2S. The van der Waals surface area contributed by atoms with Crippen molar-refractivity contribution in [3.63, 3.8) is 0 Å². The summed E-state index contributed by atoms with van der Waals surface area (Å²) in [6, 6.07) is 4.23. The normalized spacial score (nSPS) is 13.8. The average molecular weight is 283 g/mol. The van der Waals surface area contributed by atoms with Crippen LogP contribution in [0.2, 0.25) is 10.0 Å². The highest BCUT2D eigenvalue weighted by atomic mass is 35.5. The van der Waals surface area contributed by atoms with Crippen molar-refractivity contribution < 1.29 is 8.42 Å². The molecule has 7 heteroatoms. The minimum absolute atomic E-state index is 0.0877. The zero-order valence-corrected chi connectivity index (χ0v) is 10.9. The van der Waals surface area contributed by atoms with Gasteiger partial charge in [-0.15, -0.1) is 0 Å². The maximum Gasteiger partial charge on any atom is 0.243 e. The second-order valence-electron chi connectivity index (χ2n) is 3.38. The molecule has 0 heterocycles. The summed E-state index contributed by atoms with van der Waals surface area (Å²) in [5.41, 5.74) is 5.46. The van der Waals surface area contributed by atoms with E-state index in [4.69, 9.17) is 28.9 Å². The van der Waals surface area contributed by atoms with Crippen LogP contribution in [-0.4, -0.2) is 21.0 Å². The third kappa shape index (κ3) is 3.33. The minimum atomic E-state index is -3.71. The summed E-state index contributed by atoms with van der Waals surface area (Å²) in [7, 11) is -3.71. The first-order chi connectivity index (χ1) is 7.34. The molecule has 0 fully saturated rings. The highest BCUT2D eigenvalue weighted by Crippen LogP contribution is 2.28. The number of halogens is 2. The summed E-state index contributed by atoms with van der Waals surface area (Å²) in [5, 5.41) is 0.175. The van der Waals surface area contributed by atoms with E-state index in [0.29, 0.717) is 0 Å². The molecule has 1 aromatic carbocycles. The molecular weight excluding hydrogens is 271 g/mol. The monoisotopic (exact) mass is 282 g/mol. The standard InChI is InChI=1S/C9H12Cl2N2O2S/c1-6(12)5-13-16(14,15)9-7(10)3-2-4-8(9)11/h2-4,6,13H,5,12H2,1H3. The summed E-state index contributed by atoms with van der Waals surface area (Å²) < 4.78 is 26.0. The van der Waals surface area contributed by atoms with Gasteiger partial charge >= 0.3 is 0 Å². The molecule has 1 aromatic rings. The highest BCUT2D eigenvalue weighted by Gasteiger charge is 2.21. The largest absolute Gasteiger partial charge is 0.327 e. The molecule has 0 aromatic heterocycles. The fourth-order valence-corrected chi connectivity index (χ4v) is 3.34. The molecule has 0 aliphatic rings. The van der Waals surface area contributed by atoms with E-state index in [1.165, 1.54) is 12.1 Å². The van der Waals surface area contributed by atoms with Crippen LogP contribution in [0.5, 0.6) is 0 Å². The van der Waals surface area contributed by atoms with E-state index in [9.17, 15) is 8.42 Å². The van der Waals surface area contributed by atoms with E-state index in [2.05, 4.69) is 4.72 Å². The maximum atomic E-state index is 11.8. The van der Waals surface area contributed by atoms with E-state index >= 15 is 0 Å². The molecule has 1 rings (SSSR count). The van der Waals surface area contributed by atoms with Crippen LogP contribution < -0.4 is 10.5 Å². The van der Waals surface area contributed by atoms with Gasteiger partial charge < -0.3 is 5.73 Å². The van der Waals surface area contributed by atoms with Crippen LogP contribution in [0.4, 0.5) is 0 Å². The molecule has 1 unspecified atom stereocenters. The van der Waals surface area contributed by atoms with E-state index in [0.717, 1.165) is 0 Å². The molecule has 4 nitrogen and oxygen atoms in total. The van der Waals surface area contributed by atoms with Gasteiger partial charge in [0.25, 0.3) is 0 Å². The highest BCUT2D eigenvalue weighted by molar-refractivity contribution is 7.89. The Morgan fingerprint density at radius 1 is 1.38 bits per heavy atom. The second-order valence-corrected chi connectivity index (χ2v) is 5.90. The van der Waals surface area contributed by atoms with Crippen LogP contribution in [0.3, 0.4) is 0 Å². The molecule has 0 radical (unpaired) electrons. The molecule has 0 amide bonds. The Morgan fingerprint density at radius 2 is 1.88 bits per heavy atom. The number of hydrogen-bond acceptors (Lipinski definition) is 3. The smallest absolute Gasteiger partial charge is 0.243 e. The van der Waals surface area contributed by atoms with Gasteiger partial charge in [-0.3, -0.25) is 0 Å². The van der Waals surface area contributed by atoms with Crippen molar-refractivity contribution in [2.24, 2.45) is 5.73 Å². The third-order valence-corrected chi connectivity index (χ3v) is 4.16. The van der Waals surface area contributed by atoms with Crippen LogP contribution in [0.1, 0.15) is 6.92 Å². The Bertz CT molecular complexity index is 454. The number of nitrogens with one attached hydrogen (secondary N) is 1. The lowest BCUT2D eigenvalue weighted by Gasteiger charge is -2.11. The Morgan fingerprint density at radius 3 is 2.31 bits per heavy atom. The number of benzene rings is 1. The van der Waals surface area contributed by atoms with E-state index in [1.54, 1.807) is 13.0 Å². The van der Waals surface area contributed by atoms with E-state index in [1.807, 2.05) is 0 Å². The van der Waals surface area contributed by atoms with Gasteiger partial charge in [0, 0.05) is 12.6 Å². The van der Waals surface area contributed by atoms with Crippen molar-refractivity contribution in [2.75, 3.05) is 6.54 Å². The fourth-order valence-electron chi connectivity index (χ4n) is 1.05. The molecule has 16 heavy (non-hydrogen) atoms. The van der Waals surface area contributed by atoms with Gasteiger partial charge in [-0.1, -0.05) is 29.3 Å². The van der Waals surface area contributed by atoms with Crippen LogP contribution in [0.25, 0.3) is 0 Å². The van der Waals surface area contributed by atoms with Gasteiger partial charge in [-0.05, 0) is 19.1 Å². The summed E-state index contributed by atoms with van der Waals surface area (Å²) in [6.07, 6.45) is 0. The van der Waals surface area contributed by atoms with E-state index < -0.39 is 10.0 Å². The van der Waals surface area contributed by atoms with Gasteiger partial charge in [-0.2, -0.15) is 0 Å². The van der Waals surface area contributed by atoms with Gasteiger partial charge in [0.15, 0.2) is 0 Å². The Labute approximate surface area is 105 Å². The number of rotatable bonds is 4. The fraction of sp³-hybridized carbons (Fsp3) is 0.333. The summed E-state index contributed by atoms with van der Waals surface area (Å²) in [4.78, 5) is -0.112. The first kappa shape index (κ1) is 13.7. The molecule has 0 saturated heterocycles. The maximum absolute atomic E-state index is 11.8. The van der Waals surface area contributed by atoms with Crippen molar-refractivity contribution in [1.29, 1.82) is 0 Å². The number of hydrogen-bond donors (Lipinski definition) is 2. The Hall–Kier alpha value is -0.330. The first-order valence-electron chi connectivity index (χ1n) is 4.54. The van der Waals surface area contributed by atoms with Crippen molar-refractivity contribution in [1.82, 2.24) is 4.72 Å². The van der Waals surface area contributed by atoms with Gasteiger partial charge in [0.05, 0.1) is 10.0 Å².